The van der Waals surface area contributed by atoms with Crippen LogP contribution in [0.5, 0.6) is 0 Å². The average Bonchev–Trinajstić information content (AvgIpc) is 3.46. The van der Waals surface area contributed by atoms with E-state index < -0.39 is 15.9 Å². The zero-order valence-electron chi connectivity index (χ0n) is 15.9. The van der Waals surface area contributed by atoms with Gasteiger partial charge in [0.25, 0.3) is 0 Å². The van der Waals surface area contributed by atoms with Gasteiger partial charge >= 0.3 is 0 Å². The lowest BCUT2D eigenvalue weighted by Crippen LogP contribution is -2.28. The molecule has 2 saturated heterocycles. The highest BCUT2D eigenvalue weighted by Gasteiger charge is 2.34. The Bertz CT molecular complexity index is 980. The van der Waals surface area contributed by atoms with Gasteiger partial charge < -0.3 is 14.6 Å². The predicted molar refractivity (Wildman–Crippen MR) is 105 cm³/mol. The van der Waals surface area contributed by atoms with E-state index in [1.165, 1.54) is 16.4 Å². The van der Waals surface area contributed by atoms with Crippen LogP contribution in [0.25, 0.3) is 0 Å². The normalized spacial score (nSPS) is 20.3. The van der Waals surface area contributed by atoms with Crippen LogP contribution in [0.15, 0.2) is 52.0 Å². The molecule has 0 aliphatic carbocycles. The van der Waals surface area contributed by atoms with Gasteiger partial charge in [-0.1, -0.05) is 0 Å². The van der Waals surface area contributed by atoms with Gasteiger partial charge in [0, 0.05) is 31.7 Å². The Morgan fingerprint density at radius 1 is 1.14 bits per heavy atom. The van der Waals surface area contributed by atoms with Crippen LogP contribution in [0.3, 0.4) is 0 Å². The second kappa shape index (κ2) is 8.00. The smallest absolute Gasteiger partial charge is 0.243 e. The van der Waals surface area contributed by atoms with E-state index in [1.54, 1.807) is 35.4 Å². The van der Waals surface area contributed by atoms with E-state index in [9.17, 15) is 18.0 Å². The maximum atomic E-state index is 12.6. The number of anilines is 1. The van der Waals surface area contributed by atoms with Gasteiger partial charge in [0.15, 0.2) is 0 Å². The molecule has 1 atom stereocenters. The van der Waals surface area contributed by atoms with Crippen molar-refractivity contribution in [2.75, 3.05) is 25.0 Å². The summed E-state index contributed by atoms with van der Waals surface area (Å²) in [5.74, 6) is -0.122. The summed E-state index contributed by atoms with van der Waals surface area (Å²) in [4.78, 5) is 26.6. The molecule has 154 valence electrons. The molecular formula is C20H23N3O5S. The molecule has 0 bridgehead atoms. The molecule has 1 aromatic heterocycles. The number of carbonyl (C=O) groups excluding carboxylic acids is 2. The standard InChI is InChI=1S/C20H23N3O5S/c24-19-12-15(13-22(19)14-17-4-3-11-28-17)20(25)21-16-5-7-18(8-6-16)29(26,27)23-9-1-2-10-23/h3-8,11,15H,1-2,9-10,12-14H2,(H,21,25). The molecule has 2 aliphatic rings. The molecule has 0 radical (unpaired) electrons. The number of likely N-dealkylation sites (tertiary alicyclic amines) is 1. The highest BCUT2D eigenvalue weighted by molar-refractivity contribution is 7.89. The number of carbonyl (C=O) groups is 2. The number of hydrogen-bond acceptors (Lipinski definition) is 5. The Labute approximate surface area is 169 Å². The SMILES string of the molecule is O=C(Nc1ccc(S(=O)(=O)N2CCCC2)cc1)C1CC(=O)N(Cc2ccco2)C1. The minimum absolute atomic E-state index is 0.0893. The number of rotatable bonds is 6. The first-order valence-corrected chi connectivity index (χ1v) is 11.1. The molecule has 1 unspecified atom stereocenters. The number of hydrogen-bond donors (Lipinski definition) is 1. The lowest BCUT2D eigenvalue weighted by molar-refractivity contribution is -0.128. The van der Waals surface area contributed by atoms with Gasteiger partial charge in [-0.3, -0.25) is 9.59 Å². The lowest BCUT2D eigenvalue weighted by atomic mass is 10.1. The van der Waals surface area contributed by atoms with E-state index >= 15 is 0 Å². The summed E-state index contributed by atoms with van der Waals surface area (Å²) in [6.07, 6.45) is 3.45. The molecule has 0 saturated carbocycles. The van der Waals surface area contributed by atoms with E-state index in [-0.39, 0.29) is 23.1 Å². The maximum absolute atomic E-state index is 12.6. The summed E-state index contributed by atoms with van der Waals surface area (Å²) in [5.41, 5.74) is 0.507. The van der Waals surface area contributed by atoms with Gasteiger partial charge in [0.2, 0.25) is 21.8 Å². The monoisotopic (exact) mass is 417 g/mol. The largest absolute Gasteiger partial charge is 0.467 e. The third-order valence-electron chi connectivity index (χ3n) is 5.34. The molecule has 1 N–H and O–H groups in total. The van der Waals surface area contributed by atoms with E-state index in [1.807, 2.05) is 0 Å². The fraction of sp³-hybridized carbons (Fsp3) is 0.400. The van der Waals surface area contributed by atoms with Gasteiger partial charge in [0.05, 0.1) is 23.6 Å². The van der Waals surface area contributed by atoms with Gasteiger partial charge in [-0.15, -0.1) is 0 Å². The first kappa shape index (κ1) is 19.7. The zero-order chi connectivity index (χ0) is 20.4. The zero-order valence-corrected chi connectivity index (χ0v) is 16.7. The van der Waals surface area contributed by atoms with Gasteiger partial charge in [-0.2, -0.15) is 4.31 Å². The molecule has 3 heterocycles. The number of nitrogens with one attached hydrogen (secondary N) is 1. The highest BCUT2D eigenvalue weighted by atomic mass is 32.2. The molecule has 29 heavy (non-hydrogen) atoms. The Kier molecular flexibility index (Phi) is 5.42. The topological polar surface area (TPSA) is 99.9 Å². The number of amides is 2. The minimum atomic E-state index is -3.48. The van der Waals surface area contributed by atoms with Crippen molar-refractivity contribution < 1.29 is 22.4 Å². The highest BCUT2D eigenvalue weighted by Crippen LogP contribution is 2.24. The molecular weight excluding hydrogens is 394 g/mol. The Morgan fingerprint density at radius 2 is 1.86 bits per heavy atom. The van der Waals surface area contributed by atoms with Crippen molar-refractivity contribution in [3.63, 3.8) is 0 Å². The predicted octanol–water partition coefficient (Wildman–Crippen LogP) is 2.05. The summed E-state index contributed by atoms with van der Waals surface area (Å²) in [6.45, 7) is 1.77. The van der Waals surface area contributed by atoms with E-state index in [0.29, 0.717) is 37.6 Å². The van der Waals surface area contributed by atoms with Crippen molar-refractivity contribution >= 4 is 27.5 Å². The van der Waals surface area contributed by atoms with Crippen LogP contribution in [-0.2, 0) is 26.2 Å². The lowest BCUT2D eigenvalue weighted by Gasteiger charge is -2.16. The van der Waals surface area contributed by atoms with Gasteiger partial charge in [-0.25, -0.2) is 8.42 Å². The minimum Gasteiger partial charge on any atom is -0.467 e. The number of furan rings is 1. The second-order valence-electron chi connectivity index (χ2n) is 7.38. The fourth-order valence-corrected chi connectivity index (χ4v) is 5.24. The quantitative estimate of drug-likeness (QED) is 0.775. The van der Waals surface area contributed by atoms with Crippen molar-refractivity contribution in [2.45, 2.75) is 30.7 Å². The molecule has 2 aliphatic heterocycles. The van der Waals surface area contributed by atoms with Crippen LogP contribution < -0.4 is 5.32 Å². The summed E-state index contributed by atoms with van der Waals surface area (Å²) in [6, 6.07) is 9.72. The van der Waals surface area contributed by atoms with Gasteiger partial charge in [-0.05, 0) is 49.2 Å². The Morgan fingerprint density at radius 3 is 2.52 bits per heavy atom. The number of sulfonamides is 1. The third kappa shape index (κ3) is 4.20. The van der Waals surface area contributed by atoms with Crippen LogP contribution in [0.2, 0.25) is 0 Å². The molecule has 1 aromatic carbocycles. The van der Waals surface area contributed by atoms with Crippen LogP contribution >= 0.6 is 0 Å². The molecule has 4 rings (SSSR count). The molecule has 2 aromatic rings. The number of nitrogens with zero attached hydrogens (tertiary/aromatic N) is 2. The summed E-state index contributed by atoms with van der Waals surface area (Å²) < 4.78 is 31.9. The van der Waals surface area contributed by atoms with Crippen LogP contribution in [0, 0.1) is 5.92 Å². The van der Waals surface area contributed by atoms with Crippen LogP contribution in [0.4, 0.5) is 5.69 Å². The molecule has 9 heteroatoms. The van der Waals surface area contributed by atoms with Crippen molar-refractivity contribution in [2.24, 2.45) is 5.92 Å². The second-order valence-corrected chi connectivity index (χ2v) is 9.32. The molecule has 8 nitrogen and oxygen atoms in total. The van der Waals surface area contributed by atoms with Gasteiger partial charge in [0.1, 0.15) is 5.76 Å². The van der Waals surface area contributed by atoms with Crippen molar-refractivity contribution in [1.29, 1.82) is 0 Å². The molecule has 2 amide bonds. The number of benzene rings is 1. The summed E-state index contributed by atoms with van der Waals surface area (Å²) in [5, 5.41) is 2.78. The van der Waals surface area contributed by atoms with Crippen molar-refractivity contribution in [3.8, 4) is 0 Å². The maximum Gasteiger partial charge on any atom is 0.243 e. The molecule has 0 spiro atoms. The summed E-state index contributed by atoms with van der Waals surface area (Å²) in [7, 11) is -3.48. The third-order valence-corrected chi connectivity index (χ3v) is 7.25. The Hall–Kier alpha value is -2.65. The first-order valence-electron chi connectivity index (χ1n) is 9.65. The first-order chi connectivity index (χ1) is 13.9. The average molecular weight is 417 g/mol. The van der Waals surface area contributed by atoms with Crippen molar-refractivity contribution in [1.82, 2.24) is 9.21 Å². The molecule has 2 fully saturated rings. The summed E-state index contributed by atoms with van der Waals surface area (Å²) >= 11 is 0. The van der Waals surface area contributed by atoms with E-state index in [0.717, 1.165) is 12.8 Å². The Balaban J connectivity index is 1.37. The van der Waals surface area contributed by atoms with Crippen molar-refractivity contribution in [3.05, 3.63) is 48.4 Å². The fourth-order valence-electron chi connectivity index (χ4n) is 3.72. The van der Waals surface area contributed by atoms with E-state index in [4.69, 9.17) is 4.42 Å². The van der Waals surface area contributed by atoms with Crippen LogP contribution in [-0.4, -0.2) is 49.1 Å². The van der Waals surface area contributed by atoms with Crippen LogP contribution in [0.1, 0.15) is 25.0 Å². The van der Waals surface area contributed by atoms with E-state index in [2.05, 4.69) is 5.32 Å².